The molecule has 254 valence electrons. The third-order valence-corrected chi connectivity index (χ3v) is 9.31. The predicted molar refractivity (Wildman–Crippen MR) is 174 cm³/mol. The van der Waals surface area contributed by atoms with Crippen LogP contribution >= 0.6 is 0 Å². The second kappa shape index (κ2) is 15.8. The second-order valence-corrected chi connectivity index (χ2v) is 12.7. The first kappa shape index (κ1) is 35.1. The van der Waals surface area contributed by atoms with Crippen LogP contribution in [0.3, 0.4) is 0 Å². The van der Waals surface area contributed by atoms with E-state index in [0.29, 0.717) is 52.2 Å². The van der Waals surface area contributed by atoms with Crippen molar-refractivity contribution in [1.29, 1.82) is 5.26 Å². The highest BCUT2D eigenvalue weighted by Crippen LogP contribution is 2.37. The molecule has 1 heterocycles. The summed E-state index contributed by atoms with van der Waals surface area (Å²) in [5.74, 6) is -1.16. The number of ether oxygens (including phenoxy) is 1. The van der Waals surface area contributed by atoms with Gasteiger partial charge in [0.1, 0.15) is 12.2 Å². The number of amides is 2. The van der Waals surface area contributed by atoms with Gasteiger partial charge in [-0.15, -0.1) is 0 Å². The van der Waals surface area contributed by atoms with Gasteiger partial charge in [-0.25, -0.2) is 0 Å². The summed E-state index contributed by atoms with van der Waals surface area (Å²) >= 11 is 0. The van der Waals surface area contributed by atoms with Crippen molar-refractivity contribution >= 4 is 17.5 Å². The molecule has 5 rings (SSSR count). The number of benzene rings is 3. The second-order valence-electron chi connectivity index (χ2n) is 12.7. The minimum Gasteiger partial charge on any atom is -0.379 e. The number of carbonyl (C=O) groups excluding carboxylic acids is 2. The molecule has 1 saturated heterocycles. The molecular weight excluding hydrogens is 621 g/mol. The standard InChI is InChI=1S/C37H41F3N4O4/c38-37(39,40)33-21-32(15-14-30(33)23-41)42-35(46)36(47,31-12-5-2-6-13-31)22-28-10-7-11-29(20-28)24-43-16-18-44(19-17-43)34(45)26-48-25-27-8-3-1-4-9-27/h1,3-4,7-11,14-15,20-21,31,47H,2,5-6,12-13,16-19,22,24-26H2,(H,42,46). The number of rotatable bonds is 11. The summed E-state index contributed by atoms with van der Waals surface area (Å²) in [5.41, 5.74) is -0.905. The molecule has 8 nitrogen and oxygen atoms in total. The molecule has 1 saturated carbocycles. The van der Waals surface area contributed by atoms with Gasteiger partial charge in [-0.05, 0) is 53.6 Å². The number of hydrogen-bond acceptors (Lipinski definition) is 6. The highest BCUT2D eigenvalue weighted by molar-refractivity contribution is 5.97. The fourth-order valence-corrected chi connectivity index (χ4v) is 6.67. The van der Waals surface area contributed by atoms with Gasteiger partial charge in [-0.1, -0.05) is 73.9 Å². The van der Waals surface area contributed by atoms with E-state index >= 15 is 0 Å². The van der Waals surface area contributed by atoms with E-state index in [0.717, 1.165) is 48.1 Å². The number of hydrogen-bond donors (Lipinski definition) is 2. The molecular formula is C37H41F3N4O4. The molecule has 0 radical (unpaired) electrons. The number of alkyl halides is 3. The third-order valence-electron chi connectivity index (χ3n) is 9.31. The van der Waals surface area contributed by atoms with Crippen LogP contribution in [0, 0.1) is 17.2 Å². The molecule has 1 aliphatic heterocycles. The monoisotopic (exact) mass is 662 g/mol. The molecule has 3 aromatic rings. The first-order chi connectivity index (χ1) is 23.0. The largest absolute Gasteiger partial charge is 0.417 e. The maximum absolute atomic E-state index is 13.7. The van der Waals surface area contributed by atoms with E-state index in [1.807, 2.05) is 59.5 Å². The van der Waals surface area contributed by atoms with Crippen molar-refractivity contribution < 1.29 is 32.6 Å². The smallest absolute Gasteiger partial charge is 0.379 e. The maximum Gasteiger partial charge on any atom is 0.417 e. The van der Waals surface area contributed by atoms with Gasteiger partial charge < -0.3 is 20.1 Å². The molecule has 2 fully saturated rings. The van der Waals surface area contributed by atoms with Crippen molar-refractivity contribution in [1.82, 2.24) is 9.80 Å². The van der Waals surface area contributed by atoms with Crippen LogP contribution in [-0.4, -0.2) is 65.1 Å². The van der Waals surface area contributed by atoms with Crippen molar-refractivity contribution in [2.75, 3.05) is 38.1 Å². The van der Waals surface area contributed by atoms with E-state index < -0.39 is 28.8 Å². The number of nitrogens with zero attached hydrogens (tertiary/aromatic N) is 3. The van der Waals surface area contributed by atoms with E-state index in [-0.39, 0.29) is 30.5 Å². The topological polar surface area (TPSA) is 106 Å². The number of carbonyl (C=O) groups is 2. The van der Waals surface area contributed by atoms with Gasteiger partial charge in [0.15, 0.2) is 0 Å². The van der Waals surface area contributed by atoms with Crippen LogP contribution in [0.15, 0.2) is 72.8 Å². The highest BCUT2D eigenvalue weighted by Gasteiger charge is 2.44. The normalized spacial score (nSPS) is 17.4. The van der Waals surface area contributed by atoms with Gasteiger partial charge in [0.2, 0.25) is 5.91 Å². The molecule has 0 bridgehead atoms. The average Bonchev–Trinajstić information content (AvgIpc) is 3.09. The predicted octanol–water partition coefficient (Wildman–Crippen LogP) is 5.93. The van der Waals surface area contributed by atoms with Crippen molar-refractivity contribution in [2.45, 2.75) is 63.5 Å². The van der Waals surface area contributed by atoms with E-state index in [2.05, 4.69) is 10.2 Å². The van der Waals surface area contributed by atoms with E-state index in [1.54, 1.807) is 6.07 Å². The van der Waals surface area contributed by atoms with Gasteiger partial charge in [-0.2, -0.15) is 18.4 Å². The Morgan fingerprint density at radius 3 is 2.27 bits per heavy atom. The Hall–Kier alpha value is -4.24. The summed E-state index contributed by atoms with van der Waals surface area (Å²) in [6, 6.07) is 21.9. The maximum atomic E-state index is 13.7. The molecule has 1 aliphatic carbocycles. The first-order valence-electron chi connectivity index (χ1n) is 16.4. The van der Waals surface area contributed by atoms with E-state index in [9.17, 15) is 27.9 Å². The molecule has 2 amide bonds. The van der Waals surface area contributed by atoms with Crippen LogP contribution in [0.25, 0.3) is 0 Å². The highest BCUT2D eigenvalue weighted by atomic mass is 19.4. The first-order valence-corrected chi connectivity index (χ1v) is 16.4. The Morgan fingerprint density at radius 2 is 1.58 bits per heavy atom. The molecule has 48 heavy (non-hydrogen) atoms. The molecule has 0 spiro atoms. The molecule has 0 aromatic heterocycles. The molecule has 1 unspecified atom stereocenters. The lowest BCUT2D eigenvalue weighted by Crippen LogP contribution is -2.51. The SMILES string of the molecule is N#Cc1ccc(NC(=O)C(O)(Cc2cccc(CN3CCN(C(=O)COCc4ccccc4)CC3)c2)C2CCCCC2)cc1C(F)(F)F. The minimum absolute atomic E-state index is 0.00497. The zero-order chi connectivity index (χ0) is 34.1. The summed E-state index contributed by atoms with van der Waals surface area (Å²) in [7, 11) is 0. The number of halogens is 3. The van der Waals surface area contributed by atoms with Crippen LogP contribution in [0.2, 0.25) is 0 Å². The van der Waals surface area contributed by atoms with Crippen LogP contribution < -0.4 is 5.32 Å². The molecule has 3 aromatic carbocycles. The quantitative estimate of drug-likeness (QED) is 0.264. The Kier molecular flexibility index (Phi) is 11.5. The Morgan fingerprint density at radius 1 is 0.896 bits per heavy atom. The minimum atomic E-state index is -4.77. The Balaban J connectivity index is 1.21. The van der Waals surface area contributed by atoms with Crippen molar-refractivity contribution in [3.05, 3.63) is 101 Å². The number of aliphatic hydroxyl groups is 1. The van der Waals surface area contributed by atoms with E-state index in [4.69, 9.17) is 10.00 Å². The van der Waals surface area contributed by atoms with Gasteiger partial charge >= 0.3 is 6.18 Å². The molecule has 1 atom stereocenters. The number of anilines is 1. The van der Waals surface area contributed by atoms with Crippen molar-refractivity contribution in [2.24, 2.45) is 5.92 Å². The molecule has 2 N–H and O–H groups in total. The van der Waals surface area contributed by atoms with E-state index in [1.165, 1.54) is 6.07 Å². The number of nitrogens with one attached hydrogen (secondary N) is 1. The summed E-state index contributed by atoms with van der Waals surface area (Å²) < 4.78 is 46.4. The zero-order valence-electron chi connectivity index (χ0n) is 26.8. The average molecular weight is 663 g/mol. The Bertz CT molecular complexity index is 1600. The summed E-state index contributed by atoms with van der Waals surface area (Å²) in [4.78, 5) is 30.5. The summed E-state index contributed by atoms with van der Waals surface area (Å²) in [6.07, 6.45) is -0.813. The van der Waals surface area contributed by atoms with Crippen LogP contribution in [0.4, 0.5) is 18.9 Å². The lowest BCUT2D eigenvalue weighted by atomic mass is 9.73. The number of nitriles is 1. The van der Waals surface area contributed by atoms with Crippen molar-refractivity contribution in [3.8, 4) is 6.07 Å². The van der Waals surface area contributed by atoms with Gasteiger partial charge in [0.05, 0.1) is 23.8 Å². The molecule has 2 aliphatic rings. The molecule has 11 heteroatoms. The summed E-state index contributed by atoms with van der Waals surface area (Å²) in [6.45, 7) is 3.58. The summed E-state index contributed by atoms with van der Waals surface area (Å²) in [5, 5.41) is 23.7. The van der Waals surface area contributed by atoms with Crippen LogP contribution in [0.1, 0.15) is 59.9 Å². The lowest BCUT2D eigenvalue weighted by Gasteiger charge is -2.37. The van der Waals surface area contributed by atoms with Gasteiger partial charge in [0.25, 0.3) is 5.91 Å². The fraction of sp³-hybridized carbons (Fsp3) is 0.432. The zero-order valence-corrected chi connectivity index (χ0v) is 26.8. The van der Waals surface area contributed by atoms with Crippen molar-refractivity contribution in [3.63, 3.8) is 0 Å². The van der Waals surface area contributed by atoms with Gasteiger partial charge in [0, 0.05) is 44.8 Å². The fourth-order valence-electron chi connectivity index (χ4n) is 6.67. The number of piperazine rings is 1. The third kappa shape index (κ3) is 9.01. The lowest BCUT2D eigenvalue weighted by molar-refractivity contribution is -0.142. The Labute approximate surface area is 279 Å². The van der Waals surface area contributed by atoms with Crippen LogP contribution in [-0.2, 0) is 40.1 Å². The van der Waals surface area contributed by atoms with Gasteiger partial charge in [-0.3, -0.25) is 14.5 Å². The van der Waals surface area contributed by atoms with Crippen LogP contribution in [0.5, 0.6) is 0 Å².